The van der Waals surface area contributed by atoms with Crippen molar-refractivity contribution in [2.24, 2.45) is 16.7 Å². The molecule has 1 N–H and O–H groups in total. The van der Waals surface area contributed by atoms with Gasteiger partial charge >= 0.3 is 0 Å². The Morgan fingerprint density at radius 3 is 2.11 bits per heavy atom. The zero-order chi connectivity index (χ0) is 41.3. The largest absolute Gasteiger partial charge is 0.512 e. The van der Waals surface area contributed by atoms with Gasteiger partial charge in [-0.25, -0.2) is 0 Å². The standard InChI is InChI=1S/C36H36NOS.C15H28O2.Ir/c1-20(2)15-29-22(4)38-33-18-25(13-14-28(29)33)30-19-32(37-35-34(30)21(3)23(5)39-35)26-16-24-11-9-10-12-27(24)31(17-26)36(6,7)8;1-7-14(5,8-2)12(16)11-13(17)15(6,9-3)10-4;/h9-14,17-20H,15H2,1-8H3;11,16H,7-10H2,1-6H3;/q-1;;/b;12-11-;. The average molecular weight is 963 g/mol. The van der Waals surface area contributed by atoms with Gasteiger partial charge in [-0.05, 0) is 87.0 Å². The predicted molar refractivity (Wildman–Crippen MR) is 241 cm³/mol. The third kappa shape index (κ3) is 9.51. The van der Waals surface area contributed by atoms with Crippen molar-refractivity contribution in [3.63, 3.8) is 0 Å². The minimum Gasteiger partial charge on any atom is -0.512 e. The minimum absolute atomic E-state index is 0. The van der Waals surface area contributed by atoms with E-state index in [4.69, 9.17) is 9.40 Å². The Morgan fingerprint density at radius 2 is 1.51 bits per heavy atom. The molecule has 0 bridgehead atoms. The monoisotopic (exact) mass is 963 g/mol. The number of hydrogen-bond donors (Lipinski definition) is 1. The van der Waals surface area contributed by atoms with E-state index in [-0.39, 0.29) is 47.9 Å². The number of furan rings is 1. The van der Waals surface area contributed by atoms with Crippen LogP contribution in [-0.2, 0) is 36.7 Å². The van der Waals surface area contributed by atoms with Crippen LogP contribution < -0.4 is 0 Å². The van der Waals surface area contributed by atoms with Crippen LogP contribution in [0.4, 0.5) is 0 Å². The van der Waals surface area contributed by atoms with Gasteiger partial charge < -0.3 is 9.52 Å². The Balaban J connectivity index is 0.000000341. The van der Waals surface area contributed by atoms with E-state index in [1.807, 2.05) is 41.5 Å². The molecule has 0 aliphatic rings. The van der Waals surface area contributed by atoms with Gasteiger partial charge in [0.2, 0.25) is 0 Å². The van der Waals surface area contributed by atoms with Crippen LogP contribution in [0.2, 0.25) is 0 Å². The van der Waals surface area contributed by atoms with Crippen LogP contribution in [0.15, 0.2) is 70.8 Å². The molecule has 0 saturated heterocycles. The fourth-order valence-corrected chi connectivity index (χ4v) is 8.55. The fraction of sp³-hybridized carbons (Fsp3) is 0.451. The number of fused-ring (bicyclic) bond motifs is 3. The molecule has 3 aromatic carbocycles. The summed E-state index contributed by atoms with van der Waals surface area (Å²) in [7, 11) is 0. The fourth-order valence-electron chi connectivity index (χ4n) is 7.49. The third-order valence-electron chi connectivity index (χ3n) is 12.5. The van der Waals surface area contributed by atoms with Crippen molar-refractivity contribution < 1.29 is 34.4 Å². The molecule has 6 heteroatoms. The SMILES string of the molecule is CCC(C)(CC)C(=O)/C=C(\O)C(C)(CC)CC.Cc1oc2cc(-c3cc(-c4[c-]c5ccccc5c(C(C)(C)C)c4)nc4sc(C)c(C)c34)ccc2c1CC(C)C.[Ir]. The summed E-state index contributed by atoms with van der Waals surface area (Å²) in [5.74, 6) is 1.90. The van der Waals surface area contributed by atoms with Crippen molar-refractivity contribution >= 4 is 49.1 Å². The summed E-state index contributed by atoms with van der Waals surface area (Å²) in [5.41, 5.74) is 8.69. The zero-order valence-corrected chi connectivity index (χ0v) is 40.1. The summed E-state index contributed by atoms with van der Waals surface area (Å²) in [5, 5.41) is 15.0. The number of ketones is 1. The molecule has 307 valence electrons. The van der Waals surface area contributed by atoms with Gasteiger partial charge in [0.25, 0.3) is 0 Å². The number of pyridine rings is 1. The van der Waals surface area contributed by atoms with Crippen LogP contribution in [0.1, 0.15) is 129 Å². The summed E-state index contributed by atoms with van der Waals surface area (Å²) in [6.07, 6.45) is 5.78. The predicted octanol–water partition coefficient (Wildman–Crippen LogP) is 15.4. The first-order chi connectivity index (χ1) is 26.3. The van der Waals surface area contributed by atoms with Crippen LogP contribution in [0.25, 0.3) is 54.3 Å². The van der Waals surface area contributed by atoms with E-state index >= 15 is 0 Å². The van der Waals surface area contributed by atoms with Crippen LogP contribution >= 0.6 is 11.3 Å². The molecule has 3 aromatic heterocycles. The van der Waals surface area contributed by atoms with E-state index in [9.17, 15) is 9.90 Å². The van der Waals surface area contributed by atoms with Crippen LogP contribution in [-0.4, -0.2) is 15.9 Å². The summed E-state index contributed by atoms with van der Waals surface area (Å²) < 4.78 is 6.31. The second-order valence-electron chi connectivity index (χ2n) is 17.8. The van der Waals surface area contributed by atoms with Crippen molar-refractivity contribution in [1.82, 2.24) is 4.98 Å². The number of thiophene rings is 1. The van der Waals surface area contributed by atoms with Gasteiger partial charge in [0.1, 0.15) is 21.9 Å². The first kappa shape index (κ1) is 46.1. The molecule has 6 rings (SSSR count). The van der Waals surface area contributed by atoms with Gasteiger partial charge in [-0.15, -0.1) is 40.5 Å². The van der Waals surface area contributed by atoms with Crippen molar-refractivity contribution in [1.29, 1.82) is 0 Å². The average Bonchev–Trinajstić information content (AvgIpc) is 3.64. The number of nitrogens with zero attached hydrogens (tertiary/aromatic N) is 1. The molecular weight excluding hydrogens is 899 g/mol. The Labute approximate surface area is 359 Å². The van der Waals surface area contributed by atoms with Crippen molar-refractivity contribution in [2.45, 2.75) is 134 Å². The first-order valence-electron chi connectivity index (χ1n) is 20.6. The number of carbonyl (C=O) groups is 1. The van der Waals surface area contributed by atoms with Gasteiger partial charge in [-0.1, -0.05) is 124 Å². The van der Waals surface area contributed by atoms with E-state index in [1.54, 1.807) is 11.3 Å². The number of allylic oxidation sites excluding steroid dienone is 2. The number of aliphatic hydroxyl groups is 1. The smallest absolute Gasteiger partial charge is 0.164 e. The zero-order valence-electron chi connectivity index (χ0n) is 36.8. The molecule has 0 saturated carbocycles. The second-order valence-corrected chi connectivity index (χ2v) is 19.0. The minimum atomic E-state index is -0.337. The van der Waals surface area contributed by atoms with Crippen LogP contribution in [0.3, 0.4) is 0 Å². The van der Waals surface area contributed by atoms with Gasteiger partial charge in [0, 0.05) is 63.9 Å². The van der Waals surface area contributed by atoms with Crippen molar-refractivity contribution in [3.8, 4) is 22.4 Å². The molecular formula is C51H64IrNO3S-. The number of hydrogen-bond acceptors (Lipinski definition) is 5. The Hall–Kier alpha value is -3.57. The van der Waals surface area contributed by atoms with Crippen molar-refractivity contribution in [2.75, 3.05) is 0 Å². The van der Waals surface area contributed by atoms with Crippen molar-refractivity contribution in [3.05, 3.63) is 99.8 Å². The topological polar surface area (TPSA) is 63.3 Å². The molecule has 0 unspecified atom stereocenters. The summed E-state index contributed by atoms with van der Waals surface area (Å²) >= 11 is 1.78. The quantitative estimate of drug-likeness (QED) is 0.0798. The molecule has 0 aliphatic carbocycles. The third-order valence-corrected chi connectivity index (χ3v) is 13.6. The molecule has 0 fully saturated rings. The normalized spacial score (nSPS) is 12.6. The first-order valence-corrected chi connectivity index (χ1v) is 21.5. The molecule has 0 amide bonds. The molecule has 4 nitrogen and oxygen atoms in total. The second kappa shape index (κ2) is 18.1. The molecule has 1 radical (unpaired) electrons. The van der Waals surface area contributed by atoms with E-state index < -0.39 is 0 Å². The summed E-state index contributed by atoms with van der Waals surface area (Å²) in [6.45, 7) is 29.9. The maximum Gasteiger partial charge on any atom is 0.164 e. The number of carbonyl (C=O) groups excluding carboxylic acids is 1. The van der Waals surface area contributed by atoms with Gasteiger partial charge in [0.15, 0.2) is 5.78 Å². The van der Waals surface area contributed by atoms with E-state index in [0.29, 0.717) is 5.92 Å². The number of rotatable bonds is 11. The number of aromatic nitrogens is 1. The molecule has 0 spiro atoms. The summed E-state index contributed by atoms with van der Waals surface area (Å²) in [6, 6.07) is 23.6. The van der Waals surface area contributed by atoms with Crippen LogP contribution in [0.5, 0.6) is 0 Å². The maximum absolute atomic E-state index is 12.2. The molecule has 57 heavy (non-hydrogen) atoms. The Morgan fingerprint density at radius 1 is 0.877 bits per heavy atom. The Kier molecular flexibility index (Phi) is 14.7. The number of aliphatic hydroxyl groups excluding tert-OH is 1. The van der Waals surface area contributed by atoms with Gasteiger partial charge in [0.05, 0.1) is 0 Å². The molecule has 0 aliphatic heterocycles. The summed E-state index contributed by atoms with van der Waals surface area (Å²) in [4.78, 5) is 19.8. The number of aryl methyl sites for hydroxylation is 3. The van der Waals surface area contributed by atoms with Gasteiger partial charge in [-0.3, -0.25) is 9.78 Å². The maximum atomic E-state index is 12.2. The van der Waals surface area contributed by atoms with E-state index in [1.165, 1.54) is 54.9 Å². The molecule has 6 aromatic rings. The van der Waals surface area contributed by atoms with E-state index in [0.717, 1.165) is 64.9 Å². The molecule has 3 heterocycles. The van der Waals surface area contributed by atoms with E-state index in [2.05, 4.69) is 116 Å². The number of benzene rings is 3. The molecule has 0 atom stereocenters. The Bertz CT molecular complexity index is 2400. The van der Waals surface area contributed by atoms with Gasteiger partial charge in [-0.2, -0.15) is 0 Å². The van der Waals surface area contributed by atoms with Crippen LogP contribution in [0, 0.1) is 43.6 Å².